The van der Waals surface area contributed by atoms with E-state index in [9.17, 15) is 9.90 Å². The zero-order chi connectivity index (χ0) is 16.4. The minimum absolute atomic E-state index is 0.155. The van der Waals surface area contributed by atoms with Gasteiger partial charge in [-0.05, 0) is 18.6 Å². The van der Waals surface area contributed by atoms with Crippen LogP contribution in [0.4, 0.5) is 0 Å². The van der Waals surface area contributed by atoms with Crippen LogP contribution in [0, 0.1) is 5.92 Å². The van der Waals surface area contributed by atoms with Crippen LogP contribution in [0.3, 0.4) is 0 Å². The monoisotopic (exact) mass is 331 g/mol. The van der Waals surface area contributed by atoms with Gasteiger partial charge in [-0.1, -0.05) is 48.9 Å². The number of fused-ring (bicyclic) bond motifs is 1. The number of ether oxygens (including phenoxy) is 2. The minimum Gasteiger partial charge on any atom is -0.550 e. The fraction of sp³-hybridized carbons (Fsp3) is 0.278. The molecule has 2 aromatic carbocycles. The van der Waals surface area contributed by atoms with Crippen molar-refractivity contribution in [3.63, 3.8) is 0 Å². The molecule has 2 unspecified atom stereocenters. The van der Waals surface area contributed by atoms with Gasteiger partial charge in [-0.15, -0.1) is 0 Å². The number of hydrogen-bond acceptors (Lipinski definition) is 4. The second-order valence-electron chi connectivity index (χ2n) is 5.54. The average molecular weight is 332 g/mol. The Bertz CT molecular complexity index is 716. The van der Waals surface area contributed by atoms with Gasteiger partial charge in [0.1, 0.15) is 0 Å². The van der Waals surface area contributed by atoms with Crippen molar-refractivity contribution >= 4 is 17.6 Å². The maximum absolute atomic E-state index is 11.4. The summed E-state index contributed by atoms with van der Waals surface area (Å²) in [7, 11) is 0. The largest absolute Gasteiger partial charge is 0.550 e. The smallest absolute Gasteiger partial charge is 0.278 e. The molecule has 4 nitrogen and oxygen atoms in total. The zero-order valence-electron chi connectivity index (χ0n) is 12.6. The molecule has 0 N–H and O–H groups in total. The van der Waals surface area contributed by atoms with Crippen molar-refractivity contribution in [3.8, 4) is 11.5 Å². The van der Waals surface area contributed by atoms with Gasteiger partial charge in [-0.2, -0.15) is 0 Å². The molecule has 1 aliphatic rings. The SMILES string of the molecule is CCC(CC1(c2ccccc2)Oc2ccc(Cl)cc2O1)C(=O)[O-]. The maximum Gasteiger partial charge on any atom is 0.278 e. The molecular formula is C18H16ClO4-. The van der Waals surface area contributed by atoms with Crippen molar-refractivity contribution in [1.29, 1.82) is 0 Å². The third kappa shape index (κ3) is 2.99. The maximum atomic E-state index is 11.4. The number of carboxylic acid groups (broad SMARTS) is 1. The summed E-state index contributed by atoms with van der Waals surface area (Å²) < 4.78 is 12.1. The van der Waals surface area contributed by atoms with Gasteiger partial charge >= 0.3 is 0 Å². The molecule has 1 heterocycles. The number of carbonyl (C=O) groups is 1. The Kier molecular flexibility index (Phi) is 4.18. The van der Waals surface area contributed by atoms with E-state index in [2.05, 4.69) is 0 Å². The fourth-order valence-electron chi connectivity index (χ4n) is 2.75. The zero-order valence-corrected chi connectivity index (χ0v) is 13.4. The van der Waals surface area contributed by atoms with Crippen LogP contribution < -0.4 is 14.6 Å². The fourth-order valence-corrected chi connectivity index (χ4v) is 2.91. The number of benzene rings is 2. The third-order valence-electron chi connectivity index (χ3n) is 4.01. The molecule has 0 fully saturated rings. The molecule has 2 atom stereocenters. The number of hydrogen-bond donors (Lipinski definition) is 0. The first kappa shape index (κ1) is 15.7. The van der Waals surface area contributed by atoms with E-state index in [1.165, 1.54) is 0 Å². The highest BCUT2D eigenvalue weighted by molar-refractivity contribution is 6.30. The Morgan fingerprint density at radius 1 is 1.17 bits per heavy atom. The lowest BCUT2D eigenvalue weighted by Crippen LogP contribution is -2.42. The molecule has 0 saturated carbocycles. The molecule has 0 amide bonds. The van der Waals surface area contributed by atoms with E-state index in [0.29, 0.717) is 22.9 Å². The van der Waals surface area contributed by atoms with Crippen molar-refractivity contribution < 1.29 is 19.4 Å². The second kappa shape index (κ2) is 6.13. The van der Waals surface area contributed by atoms with Gasteiger partial charge in [0.25, 0.3) is 5.79 Å². The van der Waals surface area contributed by atoms with Crippen LogP contribution in [0.15, 0.2) is 48.5 Å². The highest BCUT2D eigenvalue weighted by Crippen LogP contribution is 2.48. The Morgan fingerprint density at radius 2 is 1.87 bits per heavy atom. The summed E-state index contributed by atoms with van der Waals surface area (Å²) in [5, 5.41) is 11.9. The Labute approximate surface area is 139 Å². The van der Waals surface area contributed by atoms with Gasteiger partial charge in [0.05, 0.1) is 0 Å². The number of carbonyl (C=O) groups excluding carboxylic acids is 1. The summed E-state index contributed by atoms with van der Waals surface area (Å²) in [5.41, 5.74) is 0.757. The van der Waals surface area contributed by atoms with Crippen LogP contribution in [-0.4, -0.2) is 5.97 Å². The van der Waals surface area contributed by atoms with Crippen molar-refractivity contribution in [3.05, 3.63) is 59.1 Å². The lowest BCUT2D eigenvalue weighted by molar-refractivity contribution is -0.314. The first-order valence-electron chi connectivity index (χ1n) is 7.48. The van der Waals surface area contributed by atoms with E-state index in [4.69, 9.17) is 21.1 Å². The molecule has 120 valence electrons. The first-order chi connectivity index (χ1) is 11.0. The quantitative estimate of drug-likeness (QED) is 0.844. The molecule has 5 heteroatoms. The van der Waals surface area contributed by atoms with Crippen LogP contribution in [0.5, 0.6) is 11.5 Å². The first-order valence-corrected chi connectivity index (χ1v) is 7.86. The average Bonchev–Trinajstić information content (AvgIpc) is 2.92. The highest BCUT2D eigenvalue weighted by Gasteiger charge is 2.45. The normalized spacial score (nSPS) is 20.3. The second-order valence-corrected chi connectivity index (χ2v) is 5.98. The highest BCUT2D eigenvalue weighted by atomic mass is 35.5. The van der Waals surface area contributed by atoms with Crippen molar-refractivity contribution in [2.45, 2.75) is 25.6 Å². The topological polar surface area (TPSA) is 58.6 Å². The molecule has 2 aromatic rings. The van der Waals surface area contributed by atoms with E-state index in [1.54, 1.807) is 25.1 Å². The summed E-state index contributed by atoms with van der Waals surface area (Å²) in [6.07, 6.45) is 0.586. The molecule has 0 saturated heterocycles. The van der Waals surface area contributed by atoms with Gasteiger partial charge < -0.3 is 19.4 Å². The summed E-state index contributed by atoms with van der Waals surface area (Å²) in [6, 6.07) is 14.4. The van der Waals surface area contributed by atoms with Crippen LogP contribution in [0.1, 0.15) is 25.3 Å². The van der Waals surface area contributed by atoms with Crippen molar-refractivity contribution in [2.24, 2.45) is 5.92 Å². The van der Waals surface area contributed by atoms with Gasteiger partial charge in [0.2, 0.25) is 0 Å². The van der Waals surface area contributed by atoms with Crippen LogP contribution in [0.2, 0.25) is 5.02 Å². The number of rotatable bonds is 5. The minimum atomic E-state index is -1.19. The predicted molar refractivity (Wildman–Crippen MR) is 84.2 cm³/mol. The molecular weight excluding hydrogens is 316 g/mol. The van der Waals surface area contributed by atoms with Gasteiger partial charge in [-0.25, -0.2) is 0 Å². The summed E-state index contributed by atoms with van der Waals surface area (Å²) in [5.74, 6) is -1.92. The Balaban J connectivity index is 2.01. The molecule has 23 heavy (non-hydrogen) atoms. The van der Waals surface area contributed by atoms with E-state index in [-0.39, 0.29) is 6.42 Å². The van der Waals surface area contributed by atoms with Gasteiger partial charge in [-0.3, -0.25) is 0 Å². The molecule has 0 bridgehead atoms. The lowest BCUT2D eigenvalue weighted by atomic mass is 9.91. The van der Waals surface area contributed by atoms with E-state index in [0.717, 1.165) is 5.56 Å². The standard InChI is InChI=1S/C18H17ClO4/c1-2-12(17(20)21)11-18(13-6-4-3-5-7-13)22-15-9-8-14(19)10-16(15)23-18/h3-10,12H,2,11H2,1H3,(H,20,21)/p-1. The summed E-state index contributed by atoms with van der Waals surface area (Å²) >= 11 is 6.01. The van der Waals surface area contributed by atoms with Gasteiger partial charge in [0, 0.05) is 35.0 Å². The Hall–Kier alpha value is -2.20. The number of aliphatic carboxylic acids is 1. The van der Waals surface area contributed by atoms with Crippen molar-refractivity contribution in [2.75, 3.05) is 0 Å². The van der Waals surface area contributed by atoms with Crippen LogP contribution >= 0.6 is 11.6 Å². The molecule has 1 aliphatic heterocycles. The molecule has 0 aliphatic carbocycles. The van der Waals surface area contributed by atoms with Crippen LogP contribution in [-0.2, 0) is 10.6 Å². The number of halogens is 1. The molecule has 0 aromatic heterocycles. The van der Waals surface area contributed by atoms with E-state index >= 15 is 0 Å². The summed E-state index contributed by atoms with van der Waals surface area (Å²) in [6.45, 7) is 1.80. The summed E-state index contributed by atoms with van der Waals surface area (Å²) in [4.78, 5) is 11.4. The van der Waals surface area contributed by atoms with Crippen molar-refractivity contribution in [1.82, 2.24) is 0 Å². The molecule has 3 rings (SSSR count). The Morgan fingerprint density at radius 3 is 2.52 bits per heavy atom. The number of carboxylic acids is 1. The van der Waals surface area contributed by atoms with E-state index < -0.39 is 17.7 Å². The predicted octanol–water partition coefficient (Wildman–Crippen LogP) is 3.13. The molecule has 0 spiro atoms. The van der Waals surface area contributed by atoms with Gasteiger partial charge in [0.15, 0.2) is 11.5 Å². The van der Waals surface area contributed by atoms with Crippen LogP contribution in [0.25, 0.3) is 0 Å². The van der Waals surface area contributed by atoms with E-state index in [1.807, 2.05) is 30.3 Å². The molecule has 0 radical (unpaired) electrons. The third-order valence-corrected chi connectivity index (χ3v) is 4.25. The lowest BCUT2D eigenvalue weighted by Gasteiger charge is -2.32.